The first-order chi connectivity index (χ1) is 31.7. The van der Waals surface area contributed by atoms with E-state index in [0.717, 1.165) is 67.1 Å². The lowest BCUT2D eigenvalue weighted by atomic mass is 9.72. The van der Waals surface area contributed by atoms with Gasteiger partial charge in [0.2, 0.25) is 0 Å². The number of halogens is 1. The predicted molar refractivity (Wildman–Crippen MR) is 252 cm³/mol. The number of fused-ring (bicyclic) bond motifs is 2. The van der Waals surface area contributed by atoms with E-state index in [1.54, 1.807) is 42.7 Å². The molecule has 1 atom stereocenters. The van der Waals surface area contributed by atoms with E-state index in [1.807, 2.05) is 18.2 Å². The normalized spacial score (nSPS) is 17.4. The molecule has 3 aliphatic rings. The molecule has 6 aromatic rings. The zero-order valence-corrected chi connectivity index (χ0v) is 38.2. The maximum atomic E-state index is 14.1. The number of benzene rings is 3. The number of sulfonamides is 1. The van der Waals surface area contributed by atoms with Crippen LogP contribution in [0, 0.1) is 15.5 Å². The maximum Gasteiger partial charge on any atom is 0.297 e. The standard InChI is InChI=1S/C48H49ClN8O8S/c1-48(2)14-12-32(41(25-48)30-4-6-33(49)7-5-30)28-55-16-18-56(19-17-55)36-9-11-40(43(22-36)65-38-20-31-13-15-50-46(31)52-27-38)47(58)54-66(61,62)39-23-42(57(59)60)45-44(24-39)64-29-35(53-45)21-34-8-10-37(63-3)26-51-34/h4-11,13,15,20,22-24,26-27,35,53H,12,14,16-19,21,25,28-29H2,1-3H3,(H,50,52)(H,54,58)/t35-/m0/s1. The number of hydrogen-bond acceptors (Lipinski definition) is 13. The molecule has 18 heteroatoms. The Hall–Kier alpha value is -6.69. The van der Waals surface area contributed by atoms with Crippen molar-refractivity contribution < 1.29 is 32.3 Å². The summed E-state index contributed by atoms with van der Waals surface area (Å²) in [4.78, 5) is 41.7. The number of nitrogens with one attached hydrogen (secondary N) is 3. The molecule has 0 saturated carbocycles. The van der Waals surface area contributed by atoms with Crippen molar-refractivity contribution in [3.63, 3.8) is 0 Å². The number of nitro benzene ring substituents is 1. The van der Waals surface area contributed by atoms with Crippen LogP contribution in [0.5, 0.6) is 23.0 Å². The van der Waals surface area contributed by atoms with E-state index < -0.39 is 37.5 Å². The van der Waals surface area contributed by atoms with Crippen LogP contribution in [-0.2, 0) is 16.4 Å². The van der Waals surface area contributed by atoms with Crippen LogP contribution in [0.15, 0.2) is 108 Å². The second-order valence-electron chi connectivity index (χ2n) is 17.6. The molecule has 3 aromatic carbocycles. The third-order valence-corrected chi connectivity index (χ3v) is 14.0. The van der Waals surface area contributed by atoms with Gasteiger partial charge in [-0.2, -0.15) is 0 Å². The minimum Gasteiger partial charge on any atom is -0.495 e. The molecule has 1 amide bonds. The molecule has 1 saturated heterocycles. The number of ether oxygens (including phenoxy) is 3. The van der Waals surface area contributed by atoms with Gasteiger partial charge in [0.1, 0.15) is 29.5 Å². The average molecular weight is 933 g/mol. The molecule has 5 heterocycles. The molecule has 9 rings (SSSR count). The zero-order valence-electron chi connectivity index (χ0n) is 36.7. The predicted octanol–water partition coefficient (Wildman–Crippen LogP) is 8.64. The van der Waals surface area contributed by atoms with Crippen LogP contribution in [0.4, 0.5) is 17.1 Å². The number of methoxy groups -OCH3 is 1. The van der Waals surface area contributed by atoms with Gasteiger partial charge >= 0.3 is 0 Å². The van der Waals surface area contributed by atoms with Gasteiger partial charge in [-0.25, -0.2) is 18.1 Å². The van der Waals surface area contributed by atoms with E-state index in [4.69, 9.17) is 25.8 Å². The van der Waals surface area contributed by atoms with Crippen molar-refractivity contribution >= 4 is 61.2 Å². The summed E-state index contributed by atoms with van der Waals surface area (Å²) in [6.07, 6.45) is 8.37. The van der Waals surface area contributed by atoms with Gasteiger partial charge in [-0.05, 0) is 84.3 Å². The SMILES string of the molecule is COc1ccc(C[C@H]2COc3cc(S(=O)(=O)NC(=O)c4ccc(N5CCN(CC6=C(c7ccc(Cl)cc7)CC(C)(C)CC6)CC5)cc4Oc4cnc5[nH]ccc5c4)cc([N+](=O)[O-])c3N2)nc1. The first-order valence-corrected chi connectivity index (χ1v) is 23.5. The van der Waals surface area contributed by atoms with Gasteiger partial charge in [0.25, 0.3) is 21.6 Å². The number of allylic oxidation sites excluding steroid dienone is 1. The highest BCUT2D eigenvalue weighted by Crippen LogP contribution is 2.44. The Balaban J connectivity index is 0.938. The van der Waals surface area contributed by atoms with Crippen LogP contribution in [0.3, 0.4) is 0 Å². The van der Waals surface area contributed by atoms with Crippen LogP contribution in [0.25, 0.3) is 16.6 Å². The van der Waals surface area contributed by atoms with E-state index >= 15 is 0 Å². The summed E-state index contributed by atoms with van der Waals surface area (Å²) in [7, 11) is -3.15. The highest BCUT2D eigenvalue weighted by molar-refractivity contribution is 7.90. The molecule has 0 spiro atoms. The van der Waals surface area contributed by atoms with Crippen LogP contribution in [0.2, 0.25) is 5.02 Å². The van der Waals surface area contributed by atoms with Crippen LogP contribution in [0.1, 0.15) is 54.7 Å². The Morgan fingerprint density at radius 3 is 2.53 bits per heavy atom. The summed E-state index contributed by atoms with van der Waals surface area (Å²) < 4.78 is 47.4. The molecule has 3 N–H and O–H groups in total. The number of aromatic amines is 1. The molecule has 0 radical (unpaired) electrons. The van der Waals surface area contributed by atoms with Crippen molar-refractivity contribution in [3.05, 3.63) is 135 Å². The summed E-state index contributed by atoms with van der Waals surface area (Å²) >= 11 is 6.25. The number of pyridine rings is 2. The number of H-pyrrole nitrogens is 1. The quantitative estimate of drug-likeness (QED) is 0.0737. The lowest BCUT2D eigenvalue weighted by Crippen LogP contribution is -2.47. The van der Waals surface area contributed by atoms with E-state index in [2.05, 4.69) is 60.8 Å². The second-order valence-corrected chi connectivity index (χ2v) is 19.7. The number of amides is 1. The summed E-state index contributed by atoms with van der Waals surface area (Å²) in [6.45, 7) is 8.62. The fourth-order valence-electron chi connectivity index (χ4n) is 8.80. The molecule has 1 aliphatic carbocycles. The first-order valence-electron chi connectivity index (χ1n) is 21.7. The number of nitro groups is 1. The molecular weight excluding hydrogens is 884 g/mol. The molecule has 3 aromatic heterocycles. The summed E-state index contributed by atoms with van der Waals surface area (Å²) in [6, 6.07) is 22.0. The topological polar surface area (TPSA) is 194 Å². The van der Waals surface area contributed by atoms with Crippen molar-refractivity contribution in [3.8, 4) is 23.0 Å². The number of rotatable bonds is 13. The smallest absolute Gasteiger partial charge is 0.297 e. The molecule has 342 valence electrons. The Bertz CT molecular complexity index is 2950. The Kier molecular flexibility index (Phi) is 12.3. The van der Waals surface area contributed by atoms with E-state index in [0.29, 0.717) is 42.4 Å². The van der Waals surface area contributed by atoms with Gasteiger partial charge < -0.3 is 29.4 Å². The molecule has 16 nitrogen and oxygen atoms in total. The van der Waals surface area contributed by atoms with E-state index in [1.165, 1.54) is 36.1 Å². The molecule has 1 fully saturated rings. The second kappa shape index (κ2) is 18.3. The third kappa shape index (κ3) is 9.78. The maximum absolute atomic E-state index is 14.1. The molecule has 66 heavy (non-hydrogen) atoms. The fraction of sp³-hybridized carbons (Fsp3) is 0.312. The Morgan fingerprint density at radius 1 is 1.00 bits per heavy atom. The Morgan fingerprint density at radius 2 is 1.79 bits per heavy atom. The summed E-state index contributed by atoms with van der Waals surface area (Å²) in [5, 5.41) is 17.0. The molecule has 0 unspecified atom stereocenters. The fourth-order valence-corrected chi connectivity index (χ4v) is 9.93. The lowest BCUT2D eigenvalue weighted by Gasteiger charge is -2.39. The van der Waals surface area contributed by atoms with Gasteiger partial charge in [-0.1, -0.05) is 43.2 Å². The van der Waals surface area contributed by atoms with Crippen molar-refractivity contribution in [1.29, 1.82) is 0 Å². The minimum absolute atomic E-state index is 0.0213. The third-order valence-electron chi connectivity index (χ3n) is 12.4. The van der Waals surface area contributed by atoms with E-state index in [-0.39, 0.29) is 34.8 Å². The lowest BCUT2D eigenvalue weighted by molar-refractivity contribution is -0.384. The molecule has 0 bridgehead atoms. The number of anilines is 2. The van der Waals surface area contributed by atoms with Gasteiger partial charge in [-0.3, -0.25) is 24.8 Å². The number of carbonyl (C=O) groups is 1. The number of nitrogens with zero attached hydrogens (tertiary/aromatic N) is 5. The Labute approximate surface area is 387 Å². The van der Waals surface area contributed by atoms with Crippen LogP contribution < -0.4 is 29.1 Å². The van der Waals surface area contributed by atoms with Gasteiger partial charge in [0.15, 0.2) is 11.4 Å². The average Bonchev–Trinajstić information content (AvgIpc) is 3.78. The zero-order chi connectivity index (χ0) is 46.2. The number of carbonyl (C=O) groups excluding carboxylic acids is 1. The summed E-state index contributed by atoms with van der Waals surface area (Å²) in [5.41, 5.74) is 5.84. The number of piperazine rings is 1. The monoisotopic (exact) mass is 932 g/mol. The largest absolute Gasteiger partial charge is 0.495 e. The van der Waals surface area contributed by atoms with Crippen molar-refractivity contribution in [1.82, 2.24) is 24.6 Å². The van der Waals surface area contributed by atoms with Gasteiger partial charge in [0.05, 0.1) is 40.9 Å². The number of aromatic nitrogens is 3. The van der Waals surface area contributed by atoms with Gasteiger partial charge in [-0.15, -0.1) is 0 Å². The van der Waals surface area contributed by atoms with Crippen LogP contribution in [-0.4, -0.2) is 91.6 Å². The van der Waals surface area contributed by atoms with Gasteiger partial charge in [0, 0.05) is 85.3 Å². The number of hydrogen-bond donors (Lipinski definition) is 3. The molecular formula is C48H49ClN8O8S. The minimum atomic E-state index is -4.69. The van der Waals surface area contributed by atoms with Crippen molar-refractivity contribution in [2.24, 2.45) is 5.41 Å². The first kappa shape index (κ1) is 44.5. The molecule has 2 aliphatic heterocycles. The van der Waals surface area contributed by atoms with E-state index in [9.17, 15) is 23.3 Å². The summed E-state index contributed by atoms with van der Waals surface area (Å²) in [5.74, 6) is -0.0218. The van der Waals surface area contributed by atoms with Crippen molar-refractivity contribution in [2.75, 3.05) is 56.7 Å². The van der Waals surface area contributed by atoms with Crippen molar-refractivity contribution in [2.45, 2.75) is 50.5 Å². The highest BCUT2D eigenvalue weighted by atomic mass is 35.5. The van der Waals surface area contributed by atoms with Crippen LogP contribution >= 0.6 is 11.6 Å². The highest BCUT2D eigenvalue weighted by Gasteiger charge is 2.33.